The van der Waals surface area contributed by atoms with Crippen LogP contribution in [-0.2, 0) is 6.42 Å². The van der Waals surface area contributed by atoms with Crippen LogP contribution < -0.4 is 0 Å². The Bertz CT molecular complexity index is 627. The van der Waals surface area contributed by atoms with Gasteiger partial charge in [-0.25, -0.2) is 8.78 Å². The van der Waals surface area contributed by atoms with E-state index < -0.39 is 11.7 Å². The Kier molecular flexibility index (Phi) is 5.70. The molecule has 1 N–H and O–H groups in total. The Hall–Kier alpha value is -2.16. The van der Waals surface area contributed by atoms with E-state index in [4.69, 9.17) is 0 Å². The molecule has 0 unspecified atom stereocenters. The molecule has 0 radical (unpaired) electrons. The van der Waals surface area contributed by atoms with Crippen LogP contribution in [0.4, 0.5) is 8.78 Å². The third kappa shape index (κ3) is 4.17. The van der Waals surface area contributed by atoms with Gasteiger partial charge in [0, 0.05) is 11.1 Å². The molecule has 0 bridgehead atoms. The number of unbranched alkanes of at least 4 members (excludes halogenated alkanes) is 2. The van der Waals surface area contributed by atoms with Crippen molar-refractivity contribution < 1.29 is 13.9 Å². The monoisotopic (exact) mass is 302 g/mol. The van der Waals surface area contributed by atoms with E-state index in [1.165, 1.54) is 30.7 Å². The van der Waals surface area contributed by atoms with Crippen molar-refractivity contribution in [3.63, 3.8) is 0 Å². The van der Waals surface area contributed by atoms with Crippen LogP contribution in [-0.4, -0.2) is 5.11 Å². The molecule has 2 rings (SSSR count). The smallest absolute Gasteiger partial charge is 0.166 e. The van der Waals surface area contributed by atoms with E-state index in [2.05, 4.69) is 6.92 Å². The summed E-state index contributed by atoms with van der Waals surface area (Å²) in [6, 6.07) is 12.3. The van der Waals surface area contributed by atoms with Crippen LogP contribution in [0.15, 0.2) is 48.5 Å². The summed E-state index contributed by atoms with van der Waals surface area (Å²) >= 11 is 0. The highest BCUT2D eigenvalue weighted by molar-refractivity contribution is 5.83. The lowest BCUT2D eigenvalue weighted by atomic mass is 10.0. The molecule has 116 valence electrons. The SMILES string of the molecule is CCCCCc1ccc(/C(F)=C(\F)c2ccc(O)cc2)cc1. The van der Waals surface area contributed by atoms with Gasteiger partial charge >= 0.3 is 0 Å². The van der Waals surface area contributed by atoms with Gasteiger partial charge in [-0.2, -0.15) is 0 Å². The Morgan fingerprint density at radius 3 is 1.82 bits per heavy atom. The Morgan fingerprint density at radius 1 is 0.818 bits per heavy atom. The molecule has 2 aromatic carbocycles. The topological polar surface area (TPSA) is 20.2 Å². The molecule has 0 aromatic heterocycles. The van der Waals surface area contributed by atoms with Gasteiger partial charge < -0.3 is 5.11 Å². The summed E-state index contributed by atoms with van der Waals surface area (Å²) in [4.78, 5) is 0. The zero-order valence-electron chi connectivity index (χ0n) is 12.7. The first-order chi connectivity index (χ1) is 10.6. The first-order valence-electron chi connectivity index (χ1n) is 7.55. The second-order valence-corrected chi connectivity index (χ2v) is 5.33. The number of benzene rings is 2. The molecule has 0 heterocycles. The average molecular weight is 302 g/mol. The molecule has 0 aliphatic heterocycles. The highest BCUT2D eigenvalue weighted by Crippen LogP contribution is 2.29. The number of aromatic hydroxyl groups is 1. The standard InChI is InChI=1S/C19H20F2O/c1-2-3-4-5-14-6-8-15(9-7-14)18(20)19(21)16-10-12-17(22)13-11-16/h6-13,22H,2-5H2,1H3/b19-18+. The molecule has 22 heavy (non-hydrogen) atoms. The van der Waals surface area contributed by atoms with Crippen LogP contribution in [0.5, 0.6) is 5.75 Å². The summed E-state index contributed by atoms with van der Waals surface area (Å²) in [5.74, 6) is -1.78. The van der Waals surface area contributed by atoms with Crippen molar-refractivity contribution in [1.82, 2.24) is 0 Å². The Labute approximate surface area is 129 Å². The maximum Gasteiger partial charge on any atom is 0.166 e. The van der Waals surface area contributed by atoms with Crippen molar-refractivity contribution in [2.45, 2.75) is 32.6 Å². The van der Waals surface area contributed by atoms with Gasteiger partial charge in [0.05, 0.1) is 0 Å². The predicted molar refractivity (Wildman–Crippen MR) is 86.8 cm³/mol. The minimum absolute atomic E-state index is 0.0217. The number of halogens is 2. The number of phenolic OH excluding ortho intramolecular Hbond substituents is 1. The van der Waals surface area contributed by atoms with Crippen molar-refractivity contribution >= 4 is 11.7 Å². The molecular weight excluding hydrogens is 282 g/mol. The zero-order chi connectivity index (χ0) is 15.9. The number of hydrogen-bond acceptors (Lipinski definition) is 1. The van der Waals surface area contributed by atoms with E-state index in [9.17, 15) is 13.9 Å². The fraction of sp³-hybridized carbons (Fsp3) is 0.263. The van der Waals surface area contributed by atoms with Crippen molar-refractivity contribution in [2.24, 2.45) is 0 Å². The summed E-state index contributed by atoms with van der Waals surface area (Å²) < 4.78 is 28.3. The minimum Gasteiger partial charge on any atom is -0.508 e. The third-order valence-electron chi connectivity index (χ3n) is 3.59. The predicted octanol–water partition coefficient (Wildman–Crippen LogP) is 5.89. The number of hydrogen-bond donors (Lipinski definition) is 1. The summed E-state index contributed by atoms with van der Waals surface area (Å²) in [7, 11) is 0. The molecular formula is C19H20F2O. The van der Waals surface area contributed by atoms with Gasteiger partial charge in [-0.15, -0.1) is 0 Å². The van der Waals surface area contributed by atoms with Crippen LogP contribution in [0.2, 0.25) is 0 Å². The van der Waals surface area contributed by atoms with E-state index in [0.717, 1.165) is 24.8 Å². The van der Waals surface area contributed by atoms with E-state index in [0.29, 0.717) is 0 Å². The summed E-state index contributed by atoms with van der Waals surface area (Å²) in [6.07, 6.45) is 4.40. The highest BCUT2D eigenvalue weighted by atomic mass is 19.2. The second-order valence-electron chi connectivity index (χ2n) is 5.33. The number of aryl methyl sites for hydroxylation is 1. The van der Waals surface area contributed by atoms with Gasteiger partial charge in [-0.3, -0.25) is 0 Å². The van der Waals surface area contributed by atoms with Crippen LogP contribution in [0.3, 0.4) is 0 Å². The van der Waals surface area contributed by atoms with Crippen LogP contribution in [0, 0.1) is 0 Å². The Morgan fingerprint density at radius 2 is 1.32 bits per heavy atom. The molecule has 0 atom stereocenters. The third-order valence-corrected chi connectivity index (χ3v) is 3.59. The van der Waals surface area contributed by atoms with Crippen LogP contribution in [0.1, 0.15) is 42.9 Å². The van der Waals surface area contributed by atoms with Crippen molar-refractivity contribution in [3.8, 4) is 5.75 Å². The highest BCUT2D eigenvalue weighted by Gasteiger charge is 2.11. The summed E-state index contributed by atoms with van der Waals surface area (Å²) in [6.45, 7) is 2.15. The first-order valence-corrected chi connectivity index (χ1v) is 7.55. The Balaban J connectivity index is 2.15. The average Bonchev–Trinajstić information content (AvgIpc) is 2.55. The summed E-state index contributed by atoms with van der Waals surface area (Å²) in [5, 5.41) is 9.18. The molecule has 0 aliphatic carbocycles. The lowest BCUT2D eigenvalue weighted by Crippen LogP contribution is -1.88. The maximum absolute atomic E-state index is 14.2. The largest absolute Gasteiger partial charge is 0.508 e. The molecule has 0 saturated heterocycles. The van der Waals surface area contributed by atoms with Gasteiger partial charge in [0.25, 0.3) is 0 Å². The molecule has 0 aliphatic rings. The van der Waals surface area contributed by atoms with Gasteiger partial charge in [-0.1, -0.05) is 44.0 Å². The molecule has 0 saturated carbocycles. The molecule has 2 aromatic rings. The molecule has 0 fully saturated rings. The van der Waals surface area contributed by atoms with Crippen molar-refractivity contribution in [1.29, 1.82) is 0 Å². The minimum atomic E-state index is -0.918. The van der Waals surface area contributed by atoms with E-state index in [1.54, 1.807) is 12.1 Å². The van der Waals surface area contributed by atoms with Gasteiger partial charge in [0.15, 0.2) is 11.7 Å². The lowest BCUT2D eigenvalue weighted by molar-refractivity contribution is 0.475. The second kappa shape index (κ2) is 7.74. The molecule has 3 heteroatoms. The fourth-order valence-electron chi connectivity index (χ4n) is 2.26. The zero-order valence-corrected chi connectivity index (χ0v) is 12.7. The lowest BCUT2D eigenvalue weighted by Gasteiger charge is -2.05. The fourth-order valence-corrected chi connectivity index (χ4v) is 2.26. The first kappa shape index (κ1) is 16.2. The van der Waals surface area contributed by atoms with Crippen molar-refractivity contribution in [3.05, 3.63) is 65.2 Å². The van der Waals surface area contributed by atoms with E-state index >= 15 is 0 Å². The molecule has 1 nitrogen and oxygen atoms in total. The molecule has 0 spiro atoms. The number of phenols is 1. The van der Waals surface area contributed by atoms with Gasteiger partial charge in [0.2, 0.25) is 0 Å². The van der Waals surface area contributed by atoms with Crippen molar-refractivity contribution in [2.75, 3.05) is 0 Å². The maximum atomic E-state index is 14.2. The van der Waals surface area contributed by atoms with Gasteiger partial charge in [-0.05, 0) is 42.7 Å². The molecule has 0 amide bonds. The van der Waals surface area contributed by atoms with Crippen LogP contribution in [0.25, 0.3) is 11.7 Å². The van der Waals surface area contributed by atoms with E-state index in [1.807, 2.05) is 12.1 Å². The van der Waals surface area contributed by atoms with Gasteiger partial charge in [0.1, 0.15) is 5.75 Å². The van der Waals surface area contributed by atoms with Crippen LogP contribution >= 0.6 is 0 Å². The number of rotatable bonds is 6. The quantitative estimate of drug-likeness (QED) is 0.521. The van der Waals surface area contributed by atoms with E-state index in [-0.39, 0.29) is 16.9 Å². The summed E-state index contributed by atoms with van der Waals surface area (Å²) in [5.41, 5.74) is 1.47. The normalized spacial score (nSPS) is 12.1.